The first-order valence-electron chi connectivity index (χ1n) is 4.12. The SMILES string of the molecule is CN(CO)CC1CCCC1. The Hall–Kier alpha value is -0.0800. The van der Waals surface area contributed by atoms with Crippen molar-refractivity contribution in [1.82, 2.24) is 4.90 Å². The summed E-state index contributed by atoms with van der Waals surface area (Å²) >= 11 is 0. The maximum atomic E-state index is 8.72. The molecule has 0 aromatic heterocycles. The van der Waals surface area contributed by atoms with Gasteiger partial charge in [0.15, 0.2) is 0 Å². The first kappa shape index (κ1) is 8.02. The number of rotatable bonds is 3. The van der Waals surface area contributed by atoms with Gasteiger partial charge >= 0.3 is 0 Å². The van der Waals surface area contributed by atoms with Gasteiger partial charge in [-0.3, -0.25) is 4.90 Å². The van der Waals surface area contributed by atoms with Crippen LogP contribution in [0.25, 0.3) is 0 Å². The molecule has 0 bridgehead atoms. The molecule has 1 aliphatic carbocycles. The summed E-state index contributed by atoms with van der Waals surface area (Å²) in [4.78, 5) is 1.98. The van der Waals surface area contributed by atoms with Gasteiger partial charge in [0.05, 0.1) is 6.73 Å². The smallest absolute Gasteiger partial charge is 0.0954 e. The summed E-state index contributed by atoms with van der Waals surface area (Å²) in [7, 11) is 1.97. The van der Waals surface area contributed by atoms with E-state index >= 15 is 0 Å². The minimum Gasteiger partial charge on any atom is -0.381 e. The van der Waals surface area contributed by atoms with Crippen molar-refractivity contribution < 1.29 is 5.11 Å². The van der Waals surface area contributed by atoms with E-state index in [-0.39, 0.29) is 6.73 Å². The fourth-order valence-corrected chi connectivity index (χ4v) is 1.69. The highest BCUT2D eigenvalue weighted by atomic mass is 16.3. The van der Waals surface area contributed by atoms with Crippen LogP contribution >= 0.6 is 0 Å². The van der Waals surface area contributed by atoms with Gasteiger partial charge in [-0.1, -0.05) is 12.8 Å². The minimum absolute atomic E-state index is 0.205. The summed E-state index contributed by atoms with van der Waals surface area (Å²) in [6, 6.07) is 0. The number of aliphatic hydroxyl groups is 1. The highest BCUT2D eigenvalue weighted by Gasteiger charge is 2.15. The van der Waals surface area contributed by atoms with Crippen LogP contribution in [-0.2, 0) is 0 Å². The zero-order valence-electron chi connectivity index (χ0n) is 6.71. The Morgan fingerprint density at radius 3 is 2.50 bits per heavy atom. The van der Waals surface area contributed by atoms with E-state index in [4.69, 9.17) is 5.11 Å². The fraction of sp³-hybridized carbons (Fsp3) is 1.00. The molecule has 0 aliphatic heterocycles. The van der Waals surface area contributed by atoms with E-state index in [1.54, 1.807) is 0 Å². The van der Waals surface area contributed by atoms with Crippen molar-refractivity contribution in [2.45, 2.75) is 25.7 Å². The third-order valence-electron chi connectivity index (χ3n) is 2.29. The van der Waals surface area contributed by atoms with E-state index in [0.29, 0.717) is 0 Å². The lowest BCUT2D eigenvalue weighted by Crippen LogP contribution is -2.25. The summed E-state index contributed by atoms with van der Waals surface area (Å²) in [5.41, 5.74) is 0. The molecule has 2 heteroatoms. The van der Waals surface area contributed by atoms with E-state index < -0.39 is 0 Å². The maximum Gasteiger partial charge on any atom is 0.0954 e. The van der Waals surface area contributed by atoms with E-state index in [9.17, 15) is 0 Å². The first-order valence-corrected chi connectivity index (χ1v) is 4.12. The number of nitrogens with zero attached hydrogens (tertiary/aromatic N) is 1. The van der Waals surface area contributed by atoms with Crippen LogP contribution in [-0.4, -0.2) is 30.3 Å². The maximum absolute atomic E-state index is 8.72. The summed E-state index contributed by atoms with van der Waals surface area (Å²) in [5.74, 6) is 0.858. The Kier molecular flexibility index (Phi) is 3.16. The van der Waals surface area contributed by atoms with E-state index in [2.05, 4.69) is 0 Å². The molecular weight excluding hydrogens is 126 g/mol. The molecule has 1 rings (SSSR count). The van der Waals surface area contributed by atoms with Crippen molar-refractivity contribution in [1.29, 1.82) is 0 Å². The fourth-order valence-electron chi connectivity index (χ4n) is 1.69. The van der Waals surface area contributed by atoms with Gasteiger partial charge in [-0.2, -0.15) is 0 Å². The lowest BCUT2D eigenvalue weighted by Gasteiger charge is -2.17. The quantitative estimate of drug-likeness (QED) is 0.597. The molecule has 0 heterocycles. The van der Waals surface area contributed by atoms with Crippen molar-refractivity contribution in [2.24, 2.45) is 5.92 Å². The largest absolute Gasteiger partial charge is 0.381 e. The molecule has 0 unspecified atom stereocenters. The van der Waals surface area contributed by atoms with Gasteiger partial charge in [0.25, 0.3) is 0 Å². The summed E-state index contributed by atoms with van der Waals surface area (Å²) in [6.07, 6.45) is 5.52. The standard InChI is InChI=1S/C8H17NO/c1-9(7-10)6-8-4-2-3-5-8/h8,10H,2-7H2,1H3. The van der Waals surface area contributed by atoms with Crippen molar-refractivity contribution in [3.8, 4) is 0 Å². The van der Waals surface area contributed by atoms with Crippen LogP contribution in [0.1, 0.15) is 25.7 Å². The topological polar surface area (TPSA) is 23.5 Å². The molecule has 60 valence electrons. The van der Waals surface area contributed by atoms with Crippen LogP contribution < -0.4 is 0 Å². The van der Waals surface area contributed by atoms with Crippen LogP contribution in [0.2, 0.25) is 0 Å². The normalized spacial score (nSPS) is 20.7. The molecule has 1 N–H and O–H groups in total. The monoisotopic (exact) mass is 143 g/mol. The predicted octanol–water partition coefficient (Wildman–Crippen LogP) is 1.06. The Morgan fingerprint density at radius 2 is 2.00 bits per heavy atom. The third kappa shape index (κ3) is 2.27. The van der Waals surface area contributed by atoms with Crippen LogP contribution in [0.3, 0.4) is 0 Å². The van der Waals surface area contributed by atoms with E-state index in [0.717, 1.165) is 12.5 Å². The molecule has 10 heavy (non-hydrogen) atoms. The second-order valence-electron chi connectivity index (χ2n) is 3.33. The lowest BCUT2D eigenvalue weighted by atomic mass is 10.1. The molecule has 0 aromatic rings. The lowest BCUT2D eigenvalue weighted by molar-refractivity contribution is 0.117. The molecule has 2 nitrogen and oxygen atoms in total. The Labute approximate surface area is 62.8 Å². The van der Waals surface area contributed by atoms with Crippen molar-refractivity contribution in [2.75, 3.05) is 20.3 Å². The molecule has 0 atom stereocenters. The predicted molar refractivity (Wildman–Crippen MR) is 41.7 cm³/mol. The Bertz CT molecular complexity index is 89.3. The molecular formula is C8H17NO. The number of hydrogen-bond acceptors (Lipinski definition) is 2. The molecule has 0 aromatic carbocycles. The van der Waals surface area contributed by atoms with Crippen LogP contribution in [0.5, 0.6) is 0 Å². The zero-order chi connectivity index (χ0) is 7.40. The van der Waals surface area contributed by atoms with Gasteiger partial charge in [-0.15, -0.1) is 0 Å². The van der Waals surface area contributed by atoms with Gasteiger partial charge in [0.2, 0.25) is 0 Å². The third-order valence-corrected chi connectivity index (χ3v) is 2.29. The molecule has 0 amide bonds. The highest BCUT2D eigenvalue weighted by molar-refractivity contribution is 4.69. The van der Waals surface area contributed by atoms with E-state index in [1.165, 1.54) is 25.7 Å². The summed E-state index contributed by atoms with van der Waals surface area (Å²) in [6.45, 7) is 1.28. The van der Waals surface area contributed by atoms with Crippen molar-refractivity contribution in [3.63, 3.8) is 0 Å². The molecule has 0 saturated heterocycles. The van der Waals surface area contributed by atoms with Gasteiger partial charge in [0, 0.05) is 6.54 Å². The second-order valence-corrected chi connectivity index (χ2v) is 3.33. The molecule has 0 spiro atoms. The van der Waals surface area contributed by atoms with Gasteiger partial charge in [0.1, 0.15) is 0 Å². The van der Waals surface area contributed by atoms with Crippen molar-refractivity contribution in [3.05, 3.63) is 0 Å². The van der Waals surface area contributed by atoms with Crippen molar-refractivity contribution >= 4 is 0 Å². The van der Waals surface area contributed by atoms with Gasteiger partial charge in [-0.25, -0.2) is 0 Å². The average molecular weight is 143 g/mol. The second kappa shape index (κ2) is 3.94. The Balaban J connectivity index is 2.11. The Morgan fingerprint density at radius 1 is 1.40 bits per heavy atom. The molecule has 0 radical (unpaired) electrons. The number of aliphatic hydroxyl groups excluding tert-OH is 1. The van der Waals surface area contributed by atoms with E-state index in [1.807, 2.05) is 11.9 Å². The highest BCUT2D eigenvalue weighted by Crippen LogP contribution is 2.24. The minimum atomic E-state index is 0.205. The zero-order valence-corrected chi connectivity index (χ0v) is 6.71. The summed E-state index contributed by atoms with van der Waals surface area (Å²) in [5, 5.41) is 8.72. The van der Waals surface area contributed by atoms with Crippen LogP contribution in [0.4, 0.5) is 0 Å². The van der Waals surface area contributed by atoms with Gasteiger partial charge in [-0.05, 0) is 25.8 Å². The molecule has 1 saturated carbocycles. The molecule has 1 aliphatic rings. The summed E-state index contributed by atoms with van der Waals surface area (Å²) < 4.78 is 0. The van der Waals surface area contributed by atoms with Gasteiger partial charge < -0.3 is 5.11 Å². The first-order chi connectivity index (χ1) is 4.83. The van der Waals surface area contributed by atoms with Crippen LogP contribution in [0, 0.1) is 5.92 Å². The molecule has 1 fully saturated rings. The average Bonchev–Trinajstić information content (AvgIpc) is 2.40. The number of hydrogen-bond donors (Lipinski definition) is 1. The van der Waals surface area contributed by atoms with Crippen LogP contribution in [0.15, 0.2) is 0 Å².